The van der Waals surface area contributed by atoms with Gasteiger partial charge in [0.2, 0.25) is 0 Å². The number of aromatic amines is 1. The van der Waals surface area contributed by atoms with Crippen molar-refractivity contribution in [1.82, 2.24) is 25.0 Å². The van der Waals surface area contributed by atoms with Crippen molar-refractivity contribution in [2.24, 2.45) is 0 Å². The maximum Gasteiger partial charge on any atom is 0.271 e. The van der Waals surface area contributed by atoms with Crippen LogP contribution in [0, 0.1) is 5.82 Å². The van der Waals surface area contributed by atoms with E-state index in [1.807, 2.05) is 23.1 Å². The van der Waals surface area contributed by atoms with Crippen molar-refractivity contribution in [3.8, 4) is 17.1 Å². The summed E-state index contributed by atoms with van der Waals surface area (Å²) in [6.07, 6.45) is 1.70. The van der Waals surface area contributed by atoms with Crippen LogP contribution in [0.25, 0.3) is 11.4 Å². The van der Waals surface area contributed by atoms with E-state index in [1.54, 1.807) is 24.4 Å². The van der Waals surface area contributed by atoms with Gasteiger partial charge in [-0.15, -0.1) is 0 Å². The number of benzene rings is 1. The Morgan fingerprint density at radius 3 is 2.59 bits per heavy atom. The van der Waals surface area contributed by atoms with E-state index >= 15 is 0 Å². The molecule has 150 valence electrons. The second-order valence-corrected chi connectivity index (χ2v) is 6.82. The predicted molar refractivity (Wildman–Crippen MR) is 106 cm³/mol. The Morgan fingerprint density at radius 1 is 1.07 bits per heavy atom. The molecule has 7 nitrogen and oxygen atoms in total. The van der Waals surface area contributed by atoms with Crippen molar-refractivity contribution in [3.05, 3.63) is 66.2 Å². The van der Waals surface area contributed by atoms with Gasteiger partial charge in [0.15, 0.2) is 0 Å². The van der Waals surface area contributed by atoms with E-state index < -0.39 is 0 Å². The lowest BCUT2D eigenvalue weighted by Gasteiger charge is -2.34. The molecule has 29 heavy (non-hydrogen) atoms. The van der Waals surface area contributed by atoms with Gasteiger partial charge in [-0.25, -0.2) is 4.39 Å². The van der Waals surface area contributed by atoms with Gasteiger partial charge in [-0.2, -0.15) is 5.10 Å². The first-order chi connectivity index (χ1) is 14.2. The number of hydrogen-bond acceptors (Lipinski definition) is 5. The zero-order valence-electron chi connectivity index (χ0n) is 15.9. The fraction of sp³-hybridized carbons (Fsp3) is 0.286. The molecule has 0 unspecified atom stereocenters. The van der Waals surface area contributed by atoms with E-state index in [2.05, 4.69) is 20.1 Å². The zero-order valence-corrected chi connectivity index (χ0v) is 15.9. The summed E-state index contributed by atoms with van der Waals surface area (Å²) >= 11 is 0. The van der Waals surface area contributed by atoms with Crippen molar-refractivity contribution in [2.45, 2.75) is 0 Å². The molecule has 0 radical (unpaired) electrons. The highest BCUT2D eigenvalue weighted by atomic mass is 19.1. The number of amides is 1. The average Bonchev–Trinajstić information content (AvgIpc) is 3.26. The summed E-state index contributed by atoms with van der Waals surface area (Å²) in [4.78, 5) is 21.1. The summed E-state index contributed by atoms with van der Waals surface area (Å²) in [5.74, 6) is 0.327. The van der Waals surface area contributed by atoms with Gasteiger partial charge >= 0.3 is 0 Å². The molecular weight excluding hydrogens is 373 g/mol. The van der Waals surface area contributed by atoms with Crippen LogP contribution >= 0.6 is 0 Å². The second kappa shape index (κ2) is 8.83. The Kier molecular flexibility index (Phi) is 5.81. The summed E-state index contributed by atoms with van der Waals surface area (Å²) < 4.78 is 18.6. The number of hydrogen-bond donors (Lipinski definition) is 1. The highest BCUT2D eigenvalue weighted by molar-refractivity contribution is 5.93. The van der Waals surface area contributed by atoms with E-state index in [0.29, 0.717) is 36.8 Å². The summed E-state index contributed by atoms with van der Waals surface area (Å²) in [6, 6.07) is 13.3. The smallest absolute Gasteiger partial charge is 0.271 e. The molecule has 0 atom stereocenters. The number of H-pyrrole nitrogens is 1. The van der Waals surface area contributed by atoms with Crippen LogP contribution in [0.4, 0.5) is 4.39 Å². The fourth-order valence-electron chi connectivity index (χ4n) is 3.25. The number of ether oxygens (including phenoxy) is 1. The van der Waals surface area contributed by atoms with Crippen LogP contribution in [0.3, 0.4) is 0 Å². The summed E-state index contributed by atoms with van der Waals surface area (Å²) in [7, 11) is 0. The van der Waals surface area contributed by atoms with Gasteiger partial charge in [0, 0.05) is 38.9 Å². The summed E-state index contributed by atoms with van der Waals surface area (Å²) in [5.41, 5.74) is 1.86. The molecule has 1 saturated heterocycles. The number of piperazine rings is 1. The van der Waals surface area contributed by atoms with Crippen LogP contribution in [0.2, 0.25) is 0 Å². The third-order valence-electron chi connectivity index (χ3n) is 4.88. The quantitative estimate of drug-likeness (QED) is 0.694. The molecule has 0 saturated carbocycles. The SMILES string of the molecule is O=C(c1cc(-c2ccccn2)n[nH]1)N1CCN(CCOc2ccc(F)cc2)CC1. The first kappa shape index (κ1) is 19.1. The van der Waals surface area contributed by atoms with E-state index in [4.69, 9.17) is 4.74 Å². The van der Waals surface area contributed by atoms with E-state index in [9.17, 15) is 9.18 Å². The molecule has 0 spiro atoms. The summed E-state index contributed by atoms with van der Waals surface area (Å²) in [5, 5.41) is 7.03. The maximum absolute atomic E-state index is 12.9. The molecule has 3 aromatic rings. The molecule has 4 rings (SSSR count). The zero-order chi connectivity index (χ0) is 20.1. The molecule has 1 amide bonds. The molecular formula is C21H22FN5O2. The Balaban J connectivity index is 1.24. The highest BCUT2D eigenvalue weighted by Gasteiger charge is 2.23. The van der Waals surface area contributed by atoms with Crippen molar-refractivity contribution in [2.75, 3.05) is 39.3 Å². The molecule has 1 aromatic carbocycles. The largest absolute Gasteiger partial charge is 0.492 e. The number of nitrogens with one attached hydrogen (secondary N) is 1. The standard InChI is InChI=1S/C21H22FN5O2/c22-16-4-6-17(7-5-16)29-14-13-26-9-11-27(12-10-26)21(28)20-15-19(24-25-20)18-3-1-2-8-23-18/h1-8,15H,9-14H2,(H,24,25). The maximum atomic E-state index is 12.9. The number of halogens is 1. The molecule has 0 bridgehead atoms. The Hall–Kier alpha value is -3.26. The summed E-state index contributed by atoms with van der Waals surface area (Å²) in [6.45, 7) is 4.13. The van der Waals surface area contributed by atoms with Crippen LogP contribution in [-0.2, 0) is 0 Å². The lowest BCUT2D eigenvalue weighted by Crippen LogP contribution is -2.49. The Labute approximate surface area is 168 Å². The van der Waals surface area contributed by atoms with Crippen molar-refractivity contribution >= 4 is 5.91 Å². The number of nitrogens with zero attached hydrogens (tertiary/aromatic N) is 4. The van der Waals surface area contributed by atoms with Crippen molar-refractivity contribution in [1.29, 1.82) is 0 Å². The van der Waals surface area contributed by atoms with Gasteiger partial charge in [0.25, 0.3) is 5.91 Å². The number of aromatic nitrogens is 3. The third-order valence-corrected chi connectivity index (χ3v) is 4.88. The van der Waals surface area contributed by atoms with Gasteiger partial charge in [-0.3, -0.25) is 19.8 Å². The van der Waals surface area contributed by atoms with Crippen molar-refractivity contribution in [3.63, 3.8) is 0 Å². The Bertz CT molecular complexity index is 937. The van der Waals surface area contributed by atoms with Gasteiger partial charge in [0.1, 0.15) is 29.6 Å². The molecule has 3 heterocycles. The fourth-order valence-corrected chi connectivity index (χ4v) is 3.25. The molecule has 1 aliphatic heterocycles. The number of carbonyl (C=O) groups is 1. The van der Waals surface area contributed by atoms with Gasteiger partial charge < -0.3 is 9.64 Å². The Morgan fingerprint density at radius 2 is 1.86 bits per heavy atom. The van der Waals surface area contributed by atoms with Crippen LogP contribution in [0.1, 0.15) is 10.5 Å². The van der Waals surface area contributed by atoms with Crippen molar-refractivity contribution < 1.29 is 13.9 Å². The van der Waals surface area contributed by atoms with E-state index in [-0.39, 0.29) is 11.7 Å². The molecule has 0 aliphatic carbocycles. The van der Waals surface area contributed by atoms with E-state index in [1.165, 1.54) is 12.1 Å². The lowest BCUT2D eigenvalue weighted by atomic mass is 10.2. The van der Waals surface area contributed by atoms with Crippen LogP contribution in [0.15, 0.2) is 54.7 Å². The molecule has 1 fully saturated rings. The minimum absolute atomic E-state index is 0.0538. The highest BCUT2D eigenvalue weighted by Crippen LogP contribution is 2.16. The van der Waals surface area contributed by atoms with Crippen LogP contribution < -0.4 is 4.74 Å². The molecule has 1 N–H and O–H groups in total. The third kappa shape index (κ3) is 4.78. The minimum Gasteiger partial charge on any atom is -0.492 e. The topological polar surface area (TPSA) is 74.4 Å². The average molecular weight is 395 g/mol. The first-order valence-corrected chi connectivity index (χ1v) is 9.56. The normalized spacial score (nSPS) is 14.7. The first-order valence-electron chi connectivity index (χ1n) is 9.56. The minimum atomic E-state index is -0.275. The van der Waals surface area contributed by atoms with Gasteiger partial charge in [-0.05, 0) is 42.5 Å². The second-order valence-electron chi connectivity index (χ2n) is 6.82. The monoisotopic (exact) mass is 395 g/mol. The number of rotatable bonds is 6. The van der Waals surface area contributed by atoms with Gasteiger partial charge in [-0.1, -0.05) is 6.07 Å². The number of carbonyl (C=O) groups excluding carboxylic acids is 1. The van der Waals surface area contributed by atoms with Gasteiger partial charge in [0.05, 0.1) is 5.69 Å². The molecule has 2 aromatic heterocycles. The lowest BCUT2D eigenvalue weighted by molar-refractivity contribution is 0.0614. The molecule has 8 heteroatoms. The number of pyridine rings is 1. The van der Waals surface area contributed by atoms with Crippen LogP contribution in [0.5, 0.6) is 5.75 Å². The predicted octanol–water partition coefficient (Wildman–Crippen LogP) is 2.45. The van der Waals surface area contributed by atoms with Crippen LogP contribution in [-0.4, -0.2) is 70.2 Å². The molecule has 1 aliphatic rings. The van der Waals surface area contributed by atoms with E-state index in [0.717, 1.165) is 25.3 Å².